The maximum absolute atomic E-state index is 11.7. The van der Waals surface area contributed by atoms with Crippen LogP contribution in [0.25, 0.3) is 20.8 Å². The van der Waals surface area contributed by atoms with Crippen LogP contribution in [0.3, 0.4) is 0 Å². The Kier molecular flexibility index (Phi) is 5.38. The molecule has 0 radical (unpaired) electrons. The number of aliphatic hydroxyl groups excluding tert-OH is 1. The largest absolute Gasteiger partial charge is 0.510 e. The number of carbonyl (C=O) groups is 1. The number of esters is 1. The van der Waals surface area contributed by atoms with Crippen molar-refractivity contribution in [2.45, 2.75) is 13.8 Å². The number of allylic oxidation sites excluding steroid dienone is 1. The van der Waals surface area contributed by atoms with Gasteiger partial charge in [-0.05, 0) is 50.2 Å². The van der Waals surface area contributed by atoms with Gasteiger partial charge in [0, 0.05) is 5.56 Å². The second kappa shape index (κ2) is 7.88. The molecule has 0 spiro atoms. The Labute approximate surface area is 154 Å². The number of hydrogen-bond donors (Lipinski definition) is 1. The molecule has 0 aliphatic rings. The summed E-state index contributed by atoms with van der Waals surface area (Å²) < 4.78 is 5.98. The topological polar surface area (TPSA) is 84.1 Å². The zero-order valence-corrected chi connectivity index (χ0v) is 15.2. The van der Waals surface area contributed by atoms with E-state index in [9.17, 15) is 9.90 Å². The highest BCUT2D eigenvalue weighted by Crippen LogP contribution is 2.31. The molecule has 0 fully saturated rings. The fraction of sp³-hybridized carbons (Fsp3) is 0.158. The SMILES string of the molecule is CCOC(=O)/C(N=Nc1ccc(-c2nc3ccccc3s2)cc1)=C(\C)O. The van der Waals surface area contributed by atoms with Gasteiger partial charge in [0.05, 0.1) is 22.5 Å². The number of para-hydroxylation sites is 1. The van der Waals surface area contributed by atoms with Crippen molar-refractivity contribution in [2.24, 2.45) is 10.2 Å². The Morgan fingerprint density at radius 2 is 1.92 bits per heavy atom. The van der Waals surface area contributed by atoms with Gasteiger partial charge >= 0.3 is 5.97 Å². The maximum atomic E-state index is 11.7. The number of benzene rings is 2. The van der Waals surface area contributed by atoms with Crippen LogP contribution < -0.4 is 0 Å². The number of rotatable bonds is 5. The molecule has 6 nitrogen and oxygen atoms in total. The minimum Gasteiger partial charge on any atom is -0.510 e. The van der Waals surface area contributed by atoms with Crippen molar-refractivity contribution in [2.75, 3.05) is 6.61 Å². The lowest BCUT2D eigenvalue weighted by molar-refractivity contribution is -0.138. The van der Waals surface area contributed by atoms with Gasteiger partial charge < -0.3 is 9.84 Å². The molecule has 7 heteroatoms. The summed E-state index contributed by atoms with van der Waals surface area (Å²) in [5.74, 6) is -0.944. The molecule has 3 aromatic rings. The van der Waals surface area contributed by atoms with Crippen LogP contribution in [-0.2, 0) is 9.53 Å². The van der Waals surface area contributed by atoms with Crippen LogP contribution in [-0.4, -0.2) is 22.7 Å². The molecule has 0 saturated heterocycles. The Bertz CT molecular complexity index is 954. The van der Waals surface area contributed by atoms with Gasteiger partial charge in [0.15, 0.2) is 0 Å². The highest BCUT2D eigenvalue weighted by molar-refractivity contribution is 7.21. The Hall–Kier alpha value is -3.06. The molecule has 0 amide bonds. The van der Waals surface area contributed by atoms with E-state index < -0.39 is 5.97 Å². The zero-order chi connectivity index (χ0) is 18.5. The van der Waals surface area contributed by atoms with Crippen molar-refractivity contribution in [3.63, 3.8) is 0 Å². The normalized spacial score (nSPS) is 12.4. The third kappa shape index (κ3) is 3.94. The van der Waals surface area contributed by atoms with Crippen molar-refractivity contribution in [1.82, 2.24) is 4.98 Å². The molecule has 0 saturated carbocycles. The molecule has 0 bridgehead atoms. The smallest absolute Gasteiger partial charge is 0.362 e. The van der Waals surface area contributed by atoms with Crippen molar-refractivity contribution in [1.29, 1.82) is 0 Å². The lowest BCUT2D eigenvalue weighted by Crippen LogP contribution is -2.07. The summed E-state index contributed by atoms with van der Waals surface area (Å²) >= 11 is 1.62. The summed E-state index contributed by atoms with van der Waals surface area (Å²) in [5.41, 5.74) is 2.29. The molecule has 0 unspecified atom stereocenters. The van der Waals surface area contributed by atoms with Gasteiger partial charge in [0.25, 0.3) is 0 Å². The van der Waals surface area contributed by atoms with E-state index in [4.69, 9.17) is 4.74 Å². The zero-order valence-electron chi connectivity index (χ0n) is 14.3. The van der Waals surface area contributed by atoms with Gasteiger partial charge in [-0.15, -0.1) is 16.5 Å². The first-order chi connectivity index (χ1) is 12.6. The number of ether oxygens (including phenoxy) is 1. The number of nitrogens with zero attached hydrogens (tertiary/aromatic N) is 3. The summed E-state index contributed by atoms with van der Waals surface area (Å²) in [7, 11) is 0. The Morgan fingerprint density at radius 3 is 2.58 bits per heavy atom. The van der Waals surface area contributed by atoms with Gasteiger partial charge in [0.1, 0.15) is 10.8 Å². The van der Waals surface area contributed by atoms with Gasteiger partial charge in [-0.3, -0.25) is 0 Å². The summed E-state index contributed by atoms with van der Waals surface area (Å²) in [6.45, 7) is 3.24. The van der Waals surface area contributed by atoms with Crippen LogP contribution in [0.15, 0.2) is 70.2 Å². The molecule has 0 atom stereocenters. The average Bonchev–Trinajstić information content (AvgIpc) is 3.06. The number of carbonyl (C=O) groups excluding carboxylic acids is 1. The van der Waals surface area contributed by atoms with Gasteiger partial charge in [-0.25, -0.2) is 9.78 Å². The van der Waals surface area contributed by atoms with E-state index in [-0.39, 0.29) is 18.1 Å². The van der Waals surface area contributed by atoms with E-state index in [1.165, 1.54) is 6.92 Å². The monoisotopic (exact) mass is 367 g/mol. The molecule has 1 aromatic heterocycles. The fourth-order valence-electron chi connectivity index (χ4n) is 2.23. The molecular formula is C19H17N3O3S. The molecule has 0 aliphatic carbocycles. The summed E-state index contributed by atoms with van der Waals surface area (Å²) in [5, 5.41) is 18.3. The van der Waals surface area contributed by atoms with Crippen molar-refractivity contribution < 1.29 is 14.6 Å². The third-order valence-electron chi connectivity index (χ3n) is 3.49. The lowest BCUT2D eigenvalue weighted by Gasteiger charge is -2.02. The van der Waals surface area contributed by atoms with Crippen molar-refractivity contribution in [3.8, 4) is 10.6 Å². The van der Waals surface area contributed by atoms with E-state index in [0.29, 0.717) is 5.69 Å². The molecule has 1 heterocycles. The highest BCUT2D eigenvalue weighted by atomic mass is 32.1. The number of aromatic nitrogens is 1. The minimum absolute atomic E-state index is 0.196. The van der Waals surface area contributed by atoms with Gasteiger partial charge in [-0.2, -0.15) is 5.11 Å². The second-order valence-corrected chi connectivity index (χ2v) is 6.42. The molecule has 0 aliphatic heterocycles. The van der Waals surface area contributed by atoms with E-state index in [0.717, 1.165) is 20.8 Å². The summed E-state index contributed by atoms with van der Waals surface area (Å²) in [6.07, 6.45) is 0. The first-order valence-corrected chi connectivity index (χ1v) is 8.85. The predicted octanol–water partition coefficient (Wildman–Crippen LogP) is 5.40. The second-order valence-electron chi connectivity index (χ2n) is 5.39. The molecule has 132 valence electrons. The van der Waals surface area contributed by atoms with E-state index in [2.05, 4.69) is 15.2 Å². The molecule has 3 rings (SSSR count). The predicted molar refractivity (Wildman–Crippen MR) is 102 cm³/mol. The number of hydrogen-bond acceptors (Lipinski definition) is 7. The Morgan fingerprint density at radius 1 is 1.19 bits per heavy atom. The van der Waals surface area contributed by atoms with Crippen molar-refractivity contribution in [3.05, 3.63) is 60.0 Å². The van der Waals surface area contributed by atoms with Crippen LogP contribution in [0.4, 0.5) is 5.69 Å². The van der Waals surface area contributed by atoms with Crippen LogP contribution in [0.5, 0.6) is 0 Å². The standard InChI is InChI=1S/C19H17N3O3S/c1-3-25-19(24)17(12(2)23)22-21-14-10-8-13(9-11-14)18-20-15-6-4-5-7-16(15)26-18/h4-11,23H,3H2,1-2H3/b17-12-,22-21?. The van der Waals surface area contributed by atoms with Crippen LogP contribution in [0.2, 0.25) is 0 Å². The molecule has 26 heavy (non-hydrogen) atoms. The minimum atomic E-state index is -0.706. The van der Waals surface area contributed by atoms with Crippen LogP contribution in [0.1, 0.15) is 13.8 Å². The van der Waals surface area contributed by atoms with Crippen molar-refractivity contribution >= 4 is 33.2 Å². The first kappa shape index (κ1) is 17.8. The van der Waals surface area contributed by atoms with Gasteiger partial charge in [0.2, 0.25) is 5.70 Å². The van der Waals surface area contributed by atoms with E-state index in [1.807, 2.05) is 36.4 Å². The average molecular weight is 367 g/mol. The fourth-order valence-corrected chi connectivity index (χ4v) is 3.21. The number of fused-ring (bicyclic) bond motifs is 1. The number of aliphatic hydroxyl groups is 1. The van der Waals surface area contributed by atoms with E-state index in [1.54, 1.807) is 30.4 Å². The van der Waals surface area contributed by atoms with E-state index >= 15 is 0 Å². The first-order valence-electron chi connectivity index (χ1n) is 8.03. The lowest BCUT2D eigenvalue weighted by atomic mass is 10.2. The van der Waals surface area contributed by atoms with Crippen LogP contribution in [0, 0.1) is 0 Å². The molecule has 1 N–H and O–H groups in total. The maximum Gasteiger partial charge on any atom is 0.362 e. The number of azo groups is 1. The van der Waals surface area contributed by atoms with Gasteiger partial charge in [-0.1, -0.05) is 12.1 Å². The highest BCUT2D eigenvalue weighted by Gasteiger charge is 2.14. The summed E-state index contributed by atoms with van der Waals surface area (Å²) in [6, 6.07) is 15.3. The summed E-state index contributed by atoms with van der Waals surface area (Å²) in [4.78, 5) is 16.3. The Balaban J connectivity index is 1.81. The molecule has 2 aromatic carbocycles. The van der Waals surface area contributed by atoms with Crippen LogP contribution >= 0.6 is 11.3 Å². The molecular weight excluding hydrogens is 350 g/mol. The third-order valence-corrected chi connectivity index (χ3v) is 4.57. The quantitative estimate of drug-likeness (QED) is 0.283. The number of thiazole rings is 1.